The zero-order valence-corrected chi connectivity index (χ0v) is 31.3. The molecule has 0 aromatic heterocycles. The number of amides is 6. The van der Waals surface area contributed by atoms with E-state index in [1.807, 2.05) is 60.7 Å². The molecule has 0 N–H and O–H groups in total. The number of carbonyl (C=O) groups is 6. The minimum absolute atomic E-state index is 0.0350. The number of fused-ring (bicyclic) bond motifs is 4. The number of carbonyl (C=O) groups excluding carboxylic acids is 6. The van der Waals surface area contributed by atoms with Gasteiger partial charge in [-0.25, -0.2) is 9.59 Å². The van der Waals surface area contributed by atoms with E-state index in [1.54, 1.807) is 22.0 Å². The molecule has 0 spiro atoms. The average Bonchev–Trinajstić information content (AvgIpc) is 3.53. The third-order valence-corrected chi connectivity index (χ3v) is 10.3. The first-order valence-corrected chi connectivity index (χ1v) is 19.6. The third-order valence-electron chi connectivity index (χ3n) is 10.3. The van der Waals surface area contributed by atoms with E-state index in [0.29, 0.717) is 13.1 Å². The Bertz CT molecular complexity index is 1480. The number of hydrogen-bond acceptors (Lipinski definition) is 8. The van der Waals surface area contributed by atoms with Crippen molar-refractivity contribution in [2.24, 2.45) is 0 Å². The van der Waals surface area contributed by atoms with Crippen LogP contribution in [0.25, 0.3) is 0 Å². The van der Waals surface area contributed by atoms with Crippen molar-refractivity contribution in [3.05, 3.63) is 83.9 Å². The van der Waals surface area contributed by atoms with Crippen LogP contribution in [-0.4, -0.2) is 93.8 Å². The predicted molar refractivity (Wildman–Crippen MR) is 201 cm³/mol. The molecule has 6 amide bonds. The van der Waals surface area contributed by atoms with Crippen molar-refractivity contribution < 1.29 is 38.2 Å². The second-order valence-electron chi connectivity index (χ2n) is 14.3. The maximum Gasteiger partial charge on any atom is 0.327 e. The van der Waals surface area contributed by atoms with Crippen LogP contribution < -0.4 is 0 Å². The van der Waals surface area contributed by atoms with E-state index < -0.39 is 24.0 Å². The summed E-state index contributed by atoms with van der Waals surface area (Å²) in [6, 6.07) is 16.9. The van der Waals surface area contributed by atoms with Crippen molar-refractivity contribution in [3.63, 3.8) is 0 Å². The first-order chi connectivity index (χ1) is 26.3. The van der Waals surface area contributed by atoms with Crippen LogP contribution in [0.4, 0.5) is 9.59 Å². The largest absolute Gasteiger partial charge is 0.461 e. The molecule has 2 fully saturated rings. The standard InChI is InChI=1S/C42H54N4O8/c47-37-25-23-35-39(49)43(41(51)45(35)31-33-19-11-9-12-20-33)27-15-7-5-3-1-2-4-6-8-16-28-44-40(50)36(24-26-38(48)54-30-18-17-29-53-37)46(42(44)52)32-34-21-13-10-14-22-34/h9-14,17-22,35-36H,1-8,15-16,23-32H2/b18-17+. The molecular weight excluding hydrogens is 688 g/mol. The van der Waals surface area contributed by atoms with Gasteiger partial charge in [0.1, 0.15) is 25.3 Å². The van der Waals surface area contributed by atoms with Crippen LogP contribution in [0, 0.1) is 0 Å². The summed E-state index contributed by atoms with van der Waals surface area (Å²) in [5.41, 5.74) is 1.82. The first kappa shape index (κ1) is 40.2. The molecule has 2 atom stereocenters. The summed E-state index contributed by atoms with van der Waals surface area (Å²) in [5, 5.41) is 0. The lowest BCUT2D eigenvalue weighted by atomic mass is 10.1. The van der Waals surface area contributed by atoms with Gasteiger partial charge in [-0.2, -0.15) is 0 Å². The molecule has 0 saturated carbocycles. The number of cyclic esters (lactones) is 2. The quantitative estimate of drug-likeness (QED) is 0.191. The summed E-state index contributed by atoms with van der Waals surface area (Å²) in [4.78, 5) is 85.0. The van der Waals surface area contributed by atoms with Gasteiger partial charge in [0.25, 0.3) is 11.8 Å². The van der Waals surface area contributed by atoms with Crippen molar-refractivity contribution in [1.29, 1.82) is 0 Å². The number of ether oxygens (including phenoxy) is 2. The van der Waals surface area contributed by atoms with Crippen molar-refractivity contribution in [2.45, 2.75) is 115 Å². The highest BCUT2D eigenvalue weighted by Gasteiger charge is 2.45. The van der Waals surface area contributed by atoms with Gasteiger partial charge in [-0.1, -0.05) is 112 Å². The highest BCUT2D eigenvalue weighted by Crippen LogP contribution is 2.27. The highest BCUT2D eigenvalue weighted by molar-refractivity contribution is 6.05. The lowest BCUT2D eigenvalue weighted by Gasteiger charge is -2.21. The molecule has 3 aliphatic heterocycles. The van der Waals surface area contributed by atoms with Crippen LogP contribution in [0.1, 0.15) is 101 Å². The smallest absolute Gasteiger partial charge is 0.327 e. The highest BCUT2D eigenvalue weighted by atomic mass is 16.5. The molecular formula is C42H54N4O8. The molecule has 12 nitrogen and oxygen atoms in total. The van der Waals surface area contributed by atoms with Crippen molar-refractivity contribution in [1.82, 2.24) is 19.6 Å². The number of rotatable bonds is 4. The summed E-state index contributed by atoms with van der Waals surface area (Å²) >= 11 is 0. The number of benzene rings is 2. The van der Waals surface area contributed by atoms with Gasteiger partial charge in [0.15, 0.2) is 0 Å². The SMILES string of the molecule is O=C1CCC2C(=O)N(CCCCCCCCCCCCN3C(=O)C(CCC(=O)OC/C=C/CO1)N(Cc1ccccc1)C3=O)C(=O)N2Cc1ccccc1. The van der Waals surface area contributed by atoms with E-state index >= 15 is 0 Å². The summed E-state index contributed by atoms with van der Waals surface area (Å²) in [5.74, 6) is -1.54. The van der Waals surface area contributed by atoms with Gasteiger partial charge in [-0.05, 0) is 49.0 Å². The van der Waals surface area contributed by atoms with E-state index in [-0.39, 0.29) is 75.9 Å². The Kier molecular flexibility index (Phi) is 15.7. The van der Waals surface area contributed by atoms with Gasteiger partial charge in [0, 0.05) is 39.0 Å². The van der Waals surface area contributed by atoms with E-state index in [1.165, 1.54) is 9.80 Å². The number of nitrogens with zero attached hydrogens (tertiary/aromatic N) is 4. The Balaban J connectivity index is 1.17. The second kappa shape index (κ2) is 21.0. The zero-order chi connectivity index (χ0) is 38.1. The normalized spacial score (nSPS) is 23.3. The summed E-state index contributed by atoms with van der Waals surface area (Å²) in [6.07, 6.45) is 13.0. The fourth-order valence-electron chi connectivity index (χ4n) is 7.30. The van der Waals surface area contributed by atoms with E-state index in [4.69, 9.17) is 9.47 Å². The lowest BCUT2D eigenvalue weighted by Crippen LogP contribution is -2.35. The Morgan fingerprint density at radius 3 is 1.20 bits per heavy atom. The van der Waals surface area contributed by atoms with Crippen LogP contribution in [-0.2, 0) is 41.7 Å². The van der Waals surface area contributed by atoms with Gasteiger partial charge >= 0.3 is 24.0 Å². The topological polar surface area (TPSA) is 134 Å². The third kappa shape index (κ3) is 11.5. The van der Waals surface area contributed by atoms with Crippen molar-refractivity contribution in [2.75, 3.05) is 26.3 Å². The maximum absolute atomic E-state index is 13.5. The number of hydrogen-bond donors (Lipinski definition) is 0. The van der Waals surface area contributed by atoms with E-state index in [0.717, 1.165) is 75.3 Å². The summed E-state index contributed by atoms with van der Waals surface area (Å²) in [6.45, 7) is 1.18. The lowest BCUT2D eigenvalue weighted by molar-refractivity contribution is -0.144. The predicted octanol–water partition coefficient (Wildman–Crippen LogP) is 6.77. The molecule has 2 saturated heterocycles. The fourth-order valence-corrected chi connectivity index (χ4v) is 7.30. The molecule has 2 aromatic carbocycles. The van der Waals surface area contributed by atoms with Gasteiger partial charge in [-0.15, -0.1) is 0 Å². The average molecular weight is 743 g/mol. The maximum atomic E-state index is 13.5. The number of urea groups is 2. The minimum atomic E-state index is -0.744. The van der Waals surface area contributed by atoms with Crippen LogP contribution in [0.5, 0.6) is 0 Å². The Labute approximate surface area is 318 Å². The Hall–Kier alpha value is -5.00. The molecule has 0 aliphatic carbocycles. The molecule has 3 aliphatic rings. The molecule has 5 rings (SSSR count). The monoisotopic (exact) mass is 742 g/mol. The van der Waals surface area contributed by atoms with Crippen LogP contribution in [0.2, 0.25) is 0 Å². The fraction of sp³-hybridized carbons (Fsp3) is 0.524. The summed E-state index contributed by atoms with van der Waals surface area (Å²) < 4.78 is 10.7. The van der Waals surface area contributed by atoms with Crippen LogP contribution in [0.3, 0.4) is 0 Å². The molecule has 2 aromatic rings. The Morgan fingerprint density at radius 2 is 0.833 bits per heavy atom. The van der Waals surface area contributed by atoms with Crippen LogP contribution in [0.15, 0.2) is 72.8 Å². The molecule has 0 radical (unpaired) electrons. The van der Waals surface area contributed by atoms with Gasteiger partial charge in [-0.3, -0.25) is 29.0 Å². The van der Waals surface area contributed by atoms with E-state index in [9.17, 15) is 28.8 Å². The van der Waals surface area contributed by atoms with Gasteiger partial charge in [0.2, 0.25) is 0 Å². The minimum Gasteiger partial charge on any atom is -0.461 e. The number of esters is 2. The number of imide groups is 2. The molecule has 2 unspecified atom stereocenters. The molecule has 4 bridgehead atoms. The molecule has 12 heteroatoms. The summed E-state index contributed by atoms with van der Waals surface area (Å²) in [7, 11) is 0. The molecule has 290 valence electrons. The van der Waals surface area contributed by atoms with Crippen LogP contribution >= 0.6 is 0 Å². The zero-order valence-electron chi connectivity index (χ0n) is 31.3. The Morgan fingerprint density at radius 1 is 0.481 bits per heavy atom. The molecule has 3 heterocycles. The van der Waals surface area contributed by atoms with Crippen molar-refractivity contribution >= 4 is 35.8 Å². The molecule has 54 heavy (non-hydrogen) atoms. The van der Waals surface area contributed by atoms with E-state index in [2.05, 4.69) is 0 Å². The first-order valence-electron chi connectivity index (χ1n) is 19.6. The van der Waals surface area contributed by atoms with Gasteiger partial charge < -0.3 is 19.3 Å². The van der Waals surface area contributed by atoms with Crippen molar-refractivity contribution in [3.8, 4) is 0 Å². The second-order valence-corrected chi connectivity index (χ2v) is 14.3. The van der Waals surface area contributed by atoms with Gasteiger partial charge in [0.05, 0.1) is 0 Å².